The average Bonchev–Trinajstić information content (AvgIpc) is 2.47. The quantitative estimate of drug-likeness (QED) is 0.901. The van der Waals surface area contributed by atoms with Crippen LogP contribution in [0, 0.1) is 0 Å². The Kier molecular flexibility index (Phi) is 3.50. The highest BCUT2D eigenvalue weighted by Crippen LogP contribution is 2.29. The standard InChI is InChI=1S/C14H15NO2S/c16-14(13-9-18-6-5-17-13)12-8-15-7-10-3-1-2-4-11(10)12/h1-4,7-8,13-14,16H,5-6,9H2. The average molecular weight is 261 g/mol. The number of hydrogen-bond donors (Lipinski definition) is 1. The fraction of sp³-hybridized carbons (Fsp3) is 0.357. The van der Waals surface area contributed by atoms with Crippen LogP contribution in [0.3, 0.4) is 0 Å². The maximum Gasteiger partial charge on any atom is 0.108 e. The summed E-state index contributed by atoms with van der Waals surface area (Å²) < 4.78 is 5.64. The van der Waals surface area contributed by atoms with Crippen molar-refractivity contribution in [3.8, 4) is 0 Å². The summed E-state index contributed by atoms with van der Waals surface area (Å²) in [6, 6.07) is 7.99. The molecule has 0 saturated carbocycles. The van der Waals surface area contributed by atoms with Gasteiger partial charge in [0.2, 0.25) is 0 Å². The van der Waals surface area contributed by atoms with E-state index in [1.54, 1.807) is 6.20 Å². The van der Waals surface area contributed by atoms with Gasteiger partial charge in [-0.25, -0.2) is 0 Å². The van der Waals surface area contributed by atoms with Crippen LogP contribution >= 0.6 is 11.8 Å². The number of aliphatic hydroxyl groups is 1. The Morgan fingerprint density at radius 2 is 2.22 bits per heavy atom. The fourth-order valence-corrected chi connectivity index (χ4v) is 3.16. The van der Waals surface area contributed by atoms with Crippen LogP contribution in [0.5, 0.6) is 0 Å². The van der Waals surface area contributed by atoms with Crippen molar-refractivity contribution in [1.29, 1.82) is 0 Å². The first-order valence-electron chi connectivity index (χ1n) is 6.06. The molecule has 1 aromatic heterocycles. The van der Waals surface area contributed by atoms with Crippen molar-refractivity contribution in [1.82, 2.24) is 4.98 Å². The smallest absolute Gasteiger partial charge is 0.108 e. The number of pyridine rings is 1. The molecule has 94 valence electrons. The van der Waals surface area contributed by atoms with Gasteiger partial charge in [0.1, 0.15) is 6.10 Å². The summed E-state index contributed by atoms with van der Waals surface area (Å²) in [5, 5.41) is 12.6. The third kappa shape index (κ3) is 2.23. The lowest BCUT2D eigenvalue weighted by atomic mass is 10.0. The van der Waals surface area contributed by atoms with Crippen LogP contribution in [0.2, 0.25) is 0 Å². The molecule has 1 aliphatic rings. The SMILES string of the molecule is OC(c1cncc2ccccc12)C1CSCCO1. The lowest BCUT2D eigenvalue weighted by Crippen LogP contribution is -2.29. The number of benzene rings is 1. The van der Waals surface area contributed by atoms with E-state index in [9.17, 15) is 5.11 Å². The molecule has 0 amide bonds. The third-order valence-corrected chi connectivity index (χ3v) is 4.23. The molecule has 2 heterocycles. The number of nitrogens with zero attached hydrogens (tertiary/aromatic N) is 1. The molecule has 0 aliphatic carbocycles. The van der Waals surface area contributed by atoms with E-state index in [2.05, 4.69) is 4.98 Å². The Morgan fingerprint density at radius 1 is 1.33 bits per heavy atom. The molecule has 0 radical (unpaired) electrons. The first kappa shape index (κ1) is 12.0. The molecular weight excluding hydrogens is 246 g/mol. The number of aromatic nitrogens is 1. The second-order valence-corrected chi connectivity index (χ2v) is 5.53. The summed E-state index contributed by atoms with van der Waals surface area (Å²) in [6.07, 6.45) is 2.84. The van der Waals surface area contributed by atoms with Crippen LogP contribution in [0.4, 0.5) is 0 Å². The number of ether oxygens (including phenoxy) is 1. The van der Waals surface area contributed by atoms with Crippen LogP contribution in [0.15, 0.2) is 36.7 Å². The molecule has 0 bridgehead atoms. The first-order valence-corrected chi connectivity index (χ1v) is 7.22. The van der Waals surface area contributed by atoms with Gasteiger partial charge in [0.25, 0.3) is 0 Å². The summed E-state index contributed by atoms with van der Waals surface area (Å²) in [5.74, 6) is 1.85. The van der Waals surface area contributed by atoms with E-state index in [-0.39, 0.29) is 6.10 Å². The number of hydrogen-bond acceptors (Lipinski definition) is 4. The molecule has 2 atom stereocenters. The molecule has 3 nitrogen and oxygen atoms in total. The van der Waals surface area contributed by atoms with Crippen LogP contribution in [-0.2, 0) is 4.74 Å². The van der Waals surface area contributed by atoms with Crippen LogP contribution < -0.4 is 0 Å². The highest BCUT2D eigenvalue weighted by Gasteiger charge is 2.25. The van der Waals surface area contributed by atoms with E-state index in [4.69, 9.17) is 4.74 Å². The van der Waals surface area contributed by atoms with E-state index in [1.165, 1.54) is 0 Å². The van der Waals surface area contributed by atoms with Crippen molar-refractivity contribution in [2.45, 2.75) is 12.2 Å². The van der Waals surface area contributed by atoms with E-state index < -0.39 is 6.10 Å². The normalized spacial score (nSPS) is 21.9. The Morgan fingerprint density at radius 3 is 3.06 bits per heavy atom. The third-order valence-electron chi connectivity index (χ3n) is 3.21. The molecule has 1 saturated heterocycles. The van der Waals surface area contributed by atoms with Gasteiger partial charge in [-0.15, -0.1) is 0 Å². The van der Waals surface area contributed by atoms with E-state index in [0.29, 0.717) is 6.61 Å². The van der Waals surface area contributed by atoms with E-state index in [0.717, 1.165) is 27.8 Å². The van der Waals surface area contributed by atoms with Gasteiger partial charge >= 0.3 is 0 Å². The van der Waals surface area contributed by atoms with Crippen molar-refractivity contribution < 1.29 is 9.84 Å². The zero-order chi connectivity index (χ0) is 12.4. The van der Waals surface area contributed by atoms with Gasteiger partial charge < -0.3 is 9.84 Å². The van der Waals surface area contributed by atoms with E-state index in [1.807, 2.05) is 42.2 Å². The lowest BCUT2D eigenvalue weighted by molar-refractivity contribution is -0.0222. The van der Waals surface area contributed by atoms with Gasteiger partial charge in [0.15, 0.2) is 0 Å². The molecule has 0 spiro atoms. The van der Waals surface area contributed by atoms with Gasteiger partial charge in [-0.2, -0.15) is 11.8 Å². The van der Waals surface area contributed by atoms with Gasteiger partial charge in [0, 0.05) is 34.8 Å². The monoisotopic (exact) mass is 261 g/mol. The topological polar surface area (TPSA) is 42.4 Å². The van der Waals surface area contributed by atoms with Gasteiger partial charge in [-0.1, -0.05) is 24.3 Å². The van der Waals surface area contributed by atoms with Crippen LogP contribution in [0.25, 0.3) is 10.8 Å². The highest BCUT2D eigenvalue weighted by atomic mass is 32.2. The second kappa shape index (κ2) is 5.26. The predicted octanol–water partition coefficient (Wildman–Crippen LogP) is 2.40. The van der Waals surface area contributed by atoms with Crippen molar-refractivity contribution >= 4 is 22.5 Å². The second-order valence-electron chi connectivity index (χ2n) is 4.38. The lowest BCUT2D eigenvalue weighted by Gasteiger charge is -2.27. The van der Waals surface area contributed by atoms with Crippen LogP contribution in [0.1, 0.15) is 11.7 Å². The van der Waals surface area contributed by atoms with Gasteiger partial charge in [0.05, 0.1) is 12.7 Å². The molecule has 1 fully saturated rings. The van der Waals surface area contributed by atoms with Gasteiger partial charge in [-0.3, -0.25) is 4.98 Å². The van der Waals surface area contributed by atoms with Crippen LogP contribution in [-0.4, -0.2) is 34.3 Å². The summed E-state index contributed by atoms with van der Waals surface area (Å²) in [4.78, 5) is 4.21. The number of thioether (sulfide) groups is 1. The summed E-state index contributed by atoms with van der Waals surface area (Å²) in [6.45, 7) is 0.713. The maximum absolute atomic E-state index is 10.5. The summed E-state index contributed by atoms with van der Waals surface area (Å²) in [5.41, 5.74) is 0.862. The molecule has 1 N–H and O–H groups in total. The van der Waals surface area contributed by atoms with E-state index >= 15 is 0 Å². The maximum atomic E-state index is 10.5. The Hall–Kier alpha value is -1.10. The molecule has 18 heavy (non-hydrogen) atoms. The minimum Gasteiger partial charge on any atom is -0.386 e. The van der Waals surface area contributed by atoms with Crippen molar-refractivity contribution in [3.05, 3.63) is 42.2 Å². The number of aliphatic hydroxyl groups excluding tert-OH is 1. The van der Waals surface area contributed by atoms with Crippen molar-refractivity contribution in [2.75, 3.05) is 18.1 Å². The largest absolute Gasteiger partial charge is 0.386 e. The number of rotatable bonds is 2. The summed E-state index contributed by atoms with van der Waals surface area (Å²) >= 11 is 1.83. The molecular formula is C14H15NO2S. The minimum absolute atomic E-state index is 0.128. The zero-order valence-corrected chi connectivity index (χ0v) is 10.8. The molecule has 3 rings (SSSR count). The van der Waals surface area contributed by atoms with Gasteiger partial charge in [-0.05, 0) is 5.39 Å². The molecule has 2 aromatic rings. The van der Waals surface area contributed by atoms with Crippen molar-refractivity contribution in [2.24, 2.45) is 0 Å². The highest BCUT2D eigenvalue weighted by molar-refractivity contribution is 7.99. The molecule has 4 heteroatoms. The summed E-state index contributed by atoms with van der Waals surface area (Å²) in [7, 11) is 0. The Labute approximate surface area is 110 Å². The fourth-order valence-electron chi connectivity index (χ4n) is 2.26. The molecule has 1 aliphatic heterocycles. The Balaban J connectivity index is 1.97. The minimum atomic E-state index is -0.601. The molecule has 2 unspecified atom stereocenters. The van der Waals surface area contributed by atoms with Crippen molar-refractivity contribution in [3.63, 3.8) is 0 Å². The predicted molar refractivity (Wildman–Crippen MR) is 73.8 cm³/mol. The number of fused-ring (bicyclic) bond motifs is 1. The molecule has 1 aromatic carbocycles. The zero-order valence-electron chi connectivity index (χ0n) is 9.95. The Bertz CT molecular complexity index is 535. The first-order chi connectivity index (χ1) is 8.86.